The van der Waals surface area contributed by atoms with E-state index in [4.69, 9.17) is 23.4 Å². The standard InChI is InChI=1S/C29H41NO8Si/c1-18-11-10-12-21-22(18)13-20(34-7)14-23(21)26(32)37-25(29(6)17-36-29)27(33)35-16-24(31)30-15-19(2)38-39(8,9)28(3,4)5/h10-14,19,25H,15-17H2,1-9H3,(H,30,31)/t19-,25-,29-/m1/s1. The van der Waals surface area contributed by atoms with Crippen molar-refractivity contribution in [2.75, 3.05) is 26.9 Å². The lowest BCUT2D eigenvalue weighted by Crippen LogP contribution is -2.46. The van der Waals surface area contributed by atoms with Crippen LogP contribution in [0, 0.1) is 6.92 Å². The highest BCUT2D eigenvalue weighted by atomic mass is 28.4. The molecule has 0 bridgehead atoms. The molecule has 1 aliphatic rings. The summed E-state index contributed by atoms with van der Waals surface area (Å²) in [6.45, 7) is 16.2. The third-order valence-electron chi connectivity index (χ3n) is 7.47. The smallest absolute Gasteiger partial charge is 0.351 e. The zero-order valence-electron chi connectivity index (χ0n) is 24.4. The lowest BCUT2D eigenvalue weighted by atomic mass is 10.00. The van der Waals surface area contributed by atoms with Crippen LogP contribution in [0.25, 0.3) is 10.8 Å². The van der Waals surface area contributed by atoms with E-state index < -0.39 is 44.5 Å². The average molecular weight is 560 g/mol. The molecular formula is C29H41NO8Si. The number of carbonyl (C=O) groups is 3. The molecule has 0 aliphatic carbocycles. The van der Waals surface area contributed by atoms with E-state index in [2.05, 4.69) is 39.2 Å². The highest BCUT2D eigenvalue weighted by Crippen LogP contribution is 2.37. The molecule has 1 aliphatic heterocycles. The van der Waals surface area contributed by atoms with Crippen LogP contribution < -0.4 is 10.1 Å². The first kappa shape index (κ1) is 30.6. The Kier molecular flexibility index (Phi) is 9.14. The van der Waals surface area contributed by atoms with Crippen molar-refractivity contribution in [3.8, 4) is 5.75 Å². The van der Waals surface area contributed by atoms with Gasteiger partial charge in [0, 0.05) is 6.54 Å². The topological polar surface area (TPSA) is 113 Å². The summed E-state index contributed by atoms with van der Waals surface area (Å²) >= 11 is 0. The van der Waals surface area contributed by atoms with Gasteiger partial charge in [0.1, 0.15) is 11.4 Å². The number of rotatable bonds is 11. The maximum Gasteiger partial charge on any atom is 0.351 e. The Morgan fingerprint density at radius 1 is 1.15 bits per heavy atom. The highest BCUT2D eigenvalue weighted by Gasteiger charge is 2.54. The van der Waals surface area contributed by atoms with Gasteiger partial charge in [-0.15, -0.1) is 0 Å². The Morgan fingerprint density at radius 3 is 2.41 bits per heavy atom. The molecule has 2 aromatic rings. The van der Waals surface area contributed by atoms with Gasteiger partial charge in [-0.25, -0.2) is 9.59 Å². The molecule has 1 fully saturated rings. The van der Waals surface area contributed by atoms with Crippen LogP contribution >= 0.6 is 0 Å². The molecule has 1 heterocycles. The van der Waals surface area contributed by atoms with Crippen LogP contribution in [-0.2, 0) is 28.2 Å². The van der Waals surface area contributed by atoms with Crippen molar-refractivity contribution in [2.24, 2.45) is 0 Å². The van der Waals surface area contributed by atoms with Crippen LogP contribution in [-0.4, -0.2) is 70.8 Å². The molecule has 1 amide bonds. The van der Waals surface area contributed by atoms with Crippen LogP contribution in [0.15, 0.2) is 30.3 Å². The van der Waals surface area contributed by atoms with E-state index in [1.54, 1.807) is 19.1 Å². The summed E-state index contributed by atoms with van der Waals surface area (Å²) in [6.07, 6.45) is -1.54. The van der Waals surface area contributed by atoms with Gasteiger partial charge >= 0.3 is 11.9 Å². The number of hydrogen-bond donors (Lipinski definition) is 1. The summed E-state index contributed by atoms with van der Waals surface area (Å²) in [5.74, 6) is -1.56. The van der Waals surface area contributed by atoms with E-state index in [-0.39, 0.29) is 29.9 Å². The van der Waals surface area contributed by atoms with Crippen molar-refractivity contribution >= 4 is 36.9 Å². The summed E-state index contributed by atoms with van der Waals surface area (Å²) < 4.78 is 27.9. The van der Waals surface area contributed by atoms with Gasteiger partial charge < -0.3 is 28.7 Å². The minimum absolute atomic E-state index is 0.0459. The second-order valence-electron chi connectivity index (χ2n) is 11.8. The summed E-state index contributed by atoms with van der Waals surface area (Å²) in [5, 5.41) is 4.29. The second-order valence-corrected chi connectivity index (χ2v) is 16.6. The number of ether oxygens (including phenoxy) is 4. The number of hydrogen-bond acceptors (Lipinski definition) is 8. The van der Waals surface area contributed by atoms with E-state index in [9.17, 15) is 14.4 Å². The molecule has 1 saturated heterocycles. The third kappa shape index (κ3) is 7.37. The lowest BCUT2D eigenvalue weighted by molar-refractivity contribution is -0.160. The van der Waals surface area contributed by atoms with Crippen molar-refractivity contribution < 1.29 is 37.8 Å². The van der Waals surface area contributed by atoms with Gasteiger partial charge in [-0.05, 0) is 67.4 Å². The number of carbonyl (C=O) groups excluding carboxylic acids is 3. The normalized spacial score (nSPS) is 18.7. The van der Waals surface area contributed by atoms with Crippen LogP contribution in [0.2, 0.25) is 18.1 Å². The molecule has 214 valence electrons. The Hall–Kier alpha value is -2.95. The Labute approximate surface area is 231 Å². The van der Waals surface area contributed by atoms with Crippen molar-refractivity contribution in [2.45, 2.75) is 77.5 Å². The van der Waals surface area contributed by atoms with E-state index in [0.717, 1.165) is 10.9 Å². The maximum absolute atomic E-state index is 13.3. The maximum atomic E-state index is 13.3. The fourth-order valence-corrected chi connectivity index (χ4v) is 5.34. The van der Waals surface area contributed by atoms with E-state index in [0.29, 0.717) is 11.1 Å². The third-order valence-corrected chi connectivity index (χ3v) is 12.1. The van der Waals surface area contributed by atoms with Gasteiger partial charge in [0.2, 0.25) is 6.10 Å². The predicted octanol–water partition coefficient (Wildman–Crippen LogP) is 4.54. The first-order chi connectivity index (χ1) is 18.1. The Morgan fingerprint density at radius 2 is 1.82 bits per heavy atom. The summed E-state index contributed by atoms with van der Waals surface area (Å²) in [6, 6.07) is 9.00. The molecule has 9 nitrogen and oxygen atoms in total. The SMILES string of the molecule is COc1cc(C(=O)O[C@H](C(=O)OCC(=O)NC[C@@H](C)O[Si](C)(C)C(C)(C)C)[C@@]2(C)CO2)c2cccc(C)c2c1. The molecule has 3 rings (SSSR count). The summed E-state index contributed by atoms with van der Waals surface area (Å²) in [5.41, 5.74) is 0.187. The Balaban J connectivity index is 1.64. The molecule has 3 atom stereocenters. The summed E-state index contributed by atoms with van der Waals surface area (Å²) in [4.78, 5) is 38.7. The number of esters is 2. The van der Waals surface area contributed by atoms with Gasteiger partial charge in [-0.3, -0.25) is 4.79 Å². The first-order valence-corrected chi connectivity index (χ1v) is 16.0. The number of nitrogens with one attached hydrogen (secondary N) is 1. The second kappa shape index (κ2) is 11.7. The lowest BCUT2D eigenvalue weighted by Gasteiger charge is -2.38. The van der Waals surface area contributed by atoms with Crippen LogP contribution in [0.5, 0.6) is 5.75 Å². The van der Waals surface area contributed by atoms with Crippen LogP contribution in [0.1, 0.15) is 50.5 Å². The largest absolute Gasteiger partial charge is 0.497 e. The number of aryl methyl sites for hydroxylation is 1. The van der Waals surface area contributed by atoms with Crippen LogP contribution in [0.3, 0.4) is 0 Å². The molecule has 0 radical (unpaired) electrons. The molecule has 2 aromatic carbocycles. The molecule has 0 unspecified atom stereocenters. The number of methoxy groups -OCH3 is 1. The van der Waals surface area contributed by atoms with Crippen molar-refractivity contribution in [1.82, 2.24) is 5.32 Å². The zero-order valence-corrected chi connectivity index (χ0v) is 25.4. The van der Waals surface area contributed by atoms with E-state index in [1.807, 2.05) is 32.0 Å². The van der Waals surface area contributed by atoms with Gasteiger partial charge in [0.15, 0.2) is 14.9 Å². The number of amides is 1. The highest BCUT2D eigenvalue weighted by molar-refractivity contribution is 6.74. The first-order valence-electron chi connectivity index (χ1n) is 13.1. The van der Waals surface area contributed by atoms with Crippen molar-refractivity contribution in [3.63, 3.8) is 0 Å². The Bertz CT molecular complexity index is 1230. The van der Waals surface area contributed by atoms with Crippen molar-refractivity contribution in [1.29, 1.82) is 0 Å². The minimum atomic E-state index is -1.98. The average Bonchev–Trinajstić information content (AvgIpc) is 3.61. The zero-order chi connectivity index (χ0) is 29.2. The number of fused-ring (bicyclic) bond motifs is 1. The molecule has 0 saturated carbocycles. The summed E-state index contributed by atoms with van der Waals surface area (Å²) in [7, 11) is -0.470. The minimum Gasteiger partial charge on any atom is -0.497 e. The predicted molar refractivity (Wildman–Crippen MR) is 151 cm³/mol. The molecule has 10 heteroatoms. The fourth-order valence-electron chi connectivity index (χ4n) is 3.90. The molecule has 39 heavy (non-hydrogen) atoms. The number of epoxide rings is 1. The van der Waals surface area contributed by atoms with Gasteiger partial charge in [0.25, 0.3) is 5.91 Å². The fraction of sp³-hybridized carbons (Fsp3) is 0.552. The monoisotopic (exact) mass is 559 g/mol. The van der Waals surface area contributed by atoms with E-state index in [1.165, 1.54) is 7.11 Å². The molecule has 0 spiro atoms. The quantitative estimate of drug-likeness (QED) is 0.243. The molecule has 0 aromatic heterocycles. The van der Waals surface area contributed by atoms with E-state index >= 15 is 0 Å². The van der Waals surface area contributed by atoms with Crippen molar-refractivity contribution in [3.05, 3.63) is 41.5 Å². The van der Waals surface area contributed by atoms with Gasteiger partial charge in [0.05, 0.1) is 25.4 Å². The molecular weight excluding hydrogens is 518 g/mol. The number of benzene rings is 2. The van der Waals surface area contributed by atoms with Gasteiger partial charge in [-0.1, -0.05) is 39.0 Å². The van der Waals surface area contributed by atoms with Crippen LogP contribution in [0.4, 0.5) is 0 Å². The molecule has 1 N–H and O–H groups in total. The van der Waals surface area contributed by atoms with Gasteiger partial charge in [-0.2, -0.15) is 0 Å².